The summed E-state index contributed by atoms with van der Waals surface area (Å²) in [6.07, 6.45) is -24.3. The Morgan fingerprint density at radius 1 is 0.457 bits per heavy atom. The van der Waals surface area contributed by atoms with Gasteiger partial charge in [0.1, 0.15) is 98.2 Å². The molecule has 4 saturated heterocycles. The Bertz CT molecular complexity index is 978. The molecule has 270 valence electrons. The Morgan fingerprint density at radius 3 is 1.43 bits per heavy atom. The predicted octanol–water partition coefficient (Wildman–Crippen LogP) is -9.70. The standard InChI is InChI=1S/C25H44O21/c26-1-9-13(31)17(35)18(36)22(43-9)40-6-23(19(37)14(32)10(2-27)44-23)7-41-25(21(39)16(34)12(4-29)46-25)8-42-24(5-30)20(38)15(33)11(3-28)45-24/h9-22,26-39H,1-8H2/t9?,10-,11-,12-,13-,14?,15?,16?,17-,18?,19-,20-,21-,22-,23-,24-,25-/m1/s1. The van der Waals surface area contributed by atoms with E-state index in [-0.39, 0.29) is 0 Å². The average molecular weight is 681 g/mol. The fourth-order valence-electron chi connectivity index (χ4n) is 5.86. The van der Waals surface area contributed by atoms with Crippen molar-refractivity contribution in [3.63, 3.8) is 0 Å². The lowest BCUT2D eigenvalue weighted by Crippen LogP contribution is -2.61. The molecule has 17 atom stereocenters. The van der Waals surface area contributed by atoms with Crippen molar-refractivity contribution in [2.24, 2.45) is 0 Å². The molecule has 0 aliphatic carbocycles. The van der Waals surface area contributed by atoms with Crippen molar-refractivity contribution in [3.05, 3.63) is 0 Å². The van der Waals surface area contributed by atoms with Crippen molar-refractivity contribution >= 4 is 0 Å². The van der Waals surface area contributed by atoms with Crippen molar-refractivity contribution in [1.82, 2.24) is 0 Å². The maximum Gasteiger partial charge on any atom is 0.222 e. The highest BCUT2D eigenvalue weighted by atomic mass is 16.8. The summed E-state index contributed by atoms with van der Waals surface area (Å²) >= 11 is 0. The highest BCUT2D eigenvalue weighted by Crippen LogP contribution is 2.40. The second-order valence-electron chi connectivity index (χ2n) is 11.8. The third kappa shape index (κ3) is 6.68. The summed E-state index contributed by atoms with van der Waals surface area (Å²) in [6, 6.07) is 0. The number of ether oxygens (including phenoxy) is 7. The molecule has 46 heavy (non-hydrogen) atoms. The van der Waals surface area contributed by atoms with E-state index in [2.05, 4.69) is 0 Å². The van der Waals surface area contributed by atoms with Crippen molar-refractivity contribution in [3.8, 4) is 0 Å². The van der Waals surface area contributed by atoms with Gasteiger partial charge in [0.25, 0.3) is 0 Å². The first-order chi connectivity index (χ1) is 21.7. The molecular formula is C25H44O21. The van der Waals surface area contributed by atoms with Crippen LogP contribution in [0.25, 0.3) is 0 Å². The zero-order valence-electron chi connectivity index (χ0n) is 24.4. The lowest BCUT2D eigenvalue weighted by Gasteiger charge is -2.42. The van der Waals surface area contributed by atoms with Crippen molar-refractivity contribution < 1.29 is 105 Å². The Labute approximate surface area is 260 Å². The fourth-order valence-corrected chi connectivity index (χ4v) is 5.86. The van der Waals surface area contributed by atoms with E-state index in [0.29, 0.717) is 0 Å². The van der Waals surface area contributed by atoms with Crippen LogP contribution in [0.5, 0.6) is 0 Å². The topological polar surface area (TPSA) is 348 Å². The molecule has 4 fully saturated rings. The summed E-state index contributed by atoms with van der Waals surface area (Å²) in [5, 5.41) is 143. The summed E-state index contributed by atoms with van der Waals surface area (Å²) in [5.74, 6) is -4.96. The van der Waals surface area contributed by atoms with Gasteiger partial charge in [-0.15, -0.1) is 0 Å². The Kier molecular flexibility index (Phi) is 12.3. The Morgan fingerprint density at radius 2 is 0.935 bits per heavy atom. The molecule has 0 saturated carbocycles. The molecule has 0 radical (unpaired) electrons. The van der Waals surface area contributed by atoms with E-state index in [1.807, 2.05) is 0 Å². The normalized spacial score (nSPS) is 51.3. The number of rotatable bonds is 14. The first-order valence-corrected chi connectivity index (χ1v) is 14.5. The monoisotopic (exact) mass is 680 g/mol. The summed E-state index contributed by atoms with van der Waals surface area (Å²) in [7, 11) is 0. The summed E-state index contributed by atoms with van der Waals surface area (Å²) < 4.78 is 38.8. The Hall–Kier alpha value is -0.840. The third-order valence-corrected chi connectivity index (χ3v) is 8.82. The molecule has 0 amide bonds. The van der Waals surface area contributed by atoms with Gasteiger partial charge in [0, 0.05) is 0 Å². The van der Waals surface area contributed by atoms with Gasteiger partial charge in [-0.25, -0.2) is 0 Å². The molecule has 0 spiro atoms. The smallest absolute Gasteiger partial charge is 0.222 e. The Balaban J connectivity index is 1.60. The van der Waals surface area contributed by atoms with E-state index in [0.717, 1.165) is 0 Å². The lowest BCUT2D eigenvalue weighted by atomic mass is 9.95. The van der Waals surface area contributed by atoms with Crippen molar-refractivity contribution in [1.29, 1.82) is 0 Å². The van der Waals surface area contributed by atoms with Gasteiger partial charge in [0.15, 0.2) is 6.29 Å². The quantitative estimate of drug-likeness (QED) is 0.0809. The predicted molar refractivity (Wildman–Crippen MR) is 139 cm³/mol. The number of aliphatic hydroxyl groups excluding tert-OH is 14. The highest BCUT2D eigenvalue weighted by Gasteiger charge is 2.62. The number of hydrogen-bond acceptors (Lipinski definition) is 21. The van der Waals surface area contributed by atoms with Crippen LogP contribution in [-0.2, 0) is 33.2 Å². The van der Waals surface area contributed by atoms with Gasteiger partial charge in [0.05, 0.1) is 39.6 Å². The van der Waals surface area contributed by atoms with E-state index in [1.165, 1.54) is 0 Å². The summed E-state index contributed by atoms with van der Waals surface area (Å²) in [6.45, 7) is -7.25. The van der Waals surface area contributed by atoms with Crippen LogP contribution in [0.2, 0.25) is 0 Å². The molecule has 14 N–H and O–H groups in total. The van der Waals surface area contributed by atoms with Crippen LogP contribution in [0, 0.1) is 0 Å². The molecular weight excluding hydrogens is 636 g/mol. The van der Waals surface area contributed by atoms with E-state index in [9.17, 15) is 71.5 Å². The highest BCUT2D eigenvalue weighted by molar-refractivity contribution is 5.05. The van der Waals surface area contributed by atoms with Gasteiger partial charge in [-0.1, -0.05) is 0 Å². The molecule has 21 nitrogen and oxygen atoms in total. The largest absolute Gasteiger partial charge is 0.394 e. The van der Waals surface area contributed by atoms with E-state index >= 15 is 0 Å². The van der Waals surface area contributed by atoms with Gasteiger partial charge in [0.2, 0.25) is 11.6 Å². The molecule has 4 rings (SSSR count). The average Bonchev–Trinajstić information content (AvgIpc) is 3.57. The van der Waals surface area contributed by atoms with Crippen molar-refractivity contribution in [2.45, 2.75) is 103 Å². The third-order valence-electron chi connectivity index (χ3n) is 8.82. The maximum atomic E-state index is 11.0. The van der Waals surface area contributed by atoms with Gasteiger partial charge in [-0.2, -0.15) is 0 Å². The molecule has 0 aromatic carbocycles. The van der Waals surface area contributed by atoms with Crippen molar-refractivity contribution in [2.75, 3.05) is 52.9 Å². The molecule has 0 aromatic heterocycles. The van der Waals surface area contributed by atoms with E-state index < -0.39 is 156 Å². The minimum atomic E-state index is -2.54. The van der Waals surface area contributed by atoms with Crippen LogP contribution in [-0.4, -0.2) is 227 Å². The van der Waals surface area contributed by atoms with Gasteiger partial charge in [-0.05, 0) is 0 Å². The second kappa shape index (κ2) is 15.0. The first-order valence-electron chi connectivity index (χ1n) is 14.5. The van der Waals surface area contributed by atoms with Crippen LogP contribution >= 0.6 is 0 Å². The number of aliphatic hydroxyl groups is 14. The molecule has 21 heteroatoms. The van der Waals surface area contributed by atoms with Gasteiger partial charge >= 0.3 is 0 Å². The van der Waals surface area contributed by atoms with E-state index in [1.54, 1.807) is 0 Å². The molecule has 0 aromatic rings. The summed E-state index contributed by atoms with van der Waals surface area (Å²) in [5.41, 5.74) is -2.22. The fraction of sp³-hybridized carbons (Fsp3) is 1.00. The van der Waals surface area contributed by atoms with Crippen LogP contribution in [0.4, 0.5) is 0 Å². The zero-order chi connectivity index (χ0) is 34.2. The minimum Gasteiger partial charge on any atom is -0.394 e. The minimum absolute atomic E-state index is 0.792. The molecule has 4 heterocycles. The van der Waals surface area contributed by atoms with Gasteiger partial charge < -0.3 is 105 Å². The number of hydrogen-bond donors (Lipinski definition) is 14. The van der Waals surface area contributed by atoms with Crippen LogP contribution < -0.4 is 0 Å². The first kappa shape index (κ1) is 38.0. The summed E-state index contributed by atoms with van der Waals surface area (Å²) in [4.78, 5) is 0. The van der Waals surface area contributed by atoms with Crippen LogP contribution in [0.3, 0.4) is 0 Å². The SMILES string of the molecule is OCC1O[C@@H](OC[C@]2(CO[C@]3(CO[C@]4(CO)O[C@H](CO)C(O)[C@H]4O)O[C@H](CO)C(O)[C@H]3O)O[C@H](CO)C(O)[C@H]2O)C(O)[C@H](O)[C@@H]1O. The van der Waals surface area contributed by atoms with Crippen LogP contribution in [0.1, 0.15) is 0 Å². The zero-order valence-corrected chi connectivity index (χ0v) is 24.4. The lowest BCUT2D eigenvalue weighted by molar-refractivity contribution is -0.351. The van der Waals surface area contributed by atoms with Gasteiger partial charge in [-0.3, -0.25) is 0 Å². The van der Waals surface area contributed by atoms with E-state index in [4.69, 9.17) is 33.2 Å². The second-order valence-corrected chi connectivity index (χ2v) is 11.8. The van der Waals surface area contributed by atoms with Crippen LogP contribution in [0.15, 0.2) is 0 Å². The molecule has 0 bridgehead atoms. The molecule has 4 aliphatic rings. The maximum absolute atomic E-state index is 11.0. The molecule has 4 aliphatic heterocycles. The molecule has 5 unspecified atom stereocenters.